The number of nitrogens with one attached hydrogen (secondary N) is 1. The van der Waals surface area contributed by atoms with Gasteiger partial charge in [0.05, 0.1) is 13.2 Å². The number of hydrogen-bond acceptors (Lipinski definition) is 4. The predicted octanol–water partition coefficient (Wildman–Crippen LogP) is 4.49. The highest BCUT2D eigenvalue weighted by atomic mass is 19.1. The van der Waals surface area contributed by atoms with Gasteiger partial charge in [0, 0.05) is 37.1 Å². The van der Waals surface area contributed by atoms with Gasteiger partial charge in [-0.05, 0) is 31.0 Å². The second-order valence-corrected chi connectivity index (χ2v) is 6.77. The van der Waals surface area contributed by atoms with Crippen LogP contribution in [-0.2, 0) is 4.74 Å². The molecule has 1 aromatic heterocycles. The van der Waals surface area contributed by atoms with Crippen molar-refractivity contribution in [1.82, 2.24) is 4.98 Å². The Kier molecular flexibility index (Phi) is 7.25. The first-order valence-electron chi connectivity index (χ1n) is 9.57. The minimum atomic E-state index is -0.178. The lowest BCUT2D eigenvalue weighted by Gasteiger charge is -2.29. The van der Waals surface area contributed by atoms with Gasteiger partial charge in [-0.2, -0.15) is 0 Å². The molecule has 2 aromatic rings. The molecule has 2 fully saturated rings. The summed E-state index contributed by atoms with van der Waals surface area (Å²) in [6.07, 6.45) is 8.56. The van der Waals surface area contributed by atoms with Crippen molar-refractivity contribution in [3.05, 3.63) is 54.5 Å². The van der Waals surface area contributed by atoms with E-state index in [2.05, 4.69) is 27.3 Å². The molecule has 0 radical (unpaired) electrons. The normalized spacial score (nSPS) is 18.0. The molecule has 1 N–H and O–H groups in total. The molecule has 140 valence electrons. The molecular formula is C21H28FN3O. The number of rotatable bonds is 3. The van der Waals surface area contributed by atoms with E-state index >= 15 is 0 Å². The van der Waals surface area contributed by atoms with E-state index in [-0.39, 0.29) is 5.82 Å². The summed E-state index contributed by atoms with van der Waals surface area (Å²) in [5.41, 5.74) is 1.26. The third kappa shape index (κ3) is 5.99. The monoisotopic (exact) mass is 357 g/mol. The van der Waals surface area contributed by atoms with E-state index in [0.29, 0.717) is 6.04 Å². The van der Waals surface area contributed by atoms with Gasteiger partial charge in [0.2, 0.25) is 0 Å². The summed E-state index contributed by atoms with van der Waals surface area (Å²) in [7, 11) is 0. The smallest absolute Gasteiger partial charge is 0.128 e. The number of morpholine rings is 1. The molecule has 5 heteroatoms. The molecule has 1 saturated carbocycles. The maximum atomic E-state index is 11.9. The first-order chi connectivity index (χ1) is 12.8. The molecule has 0 bridgehead atoms. The van der Waals surface area contributed by atoms with Crippen LogP contribution in [-0.4, -0.2) is 37.3 Å². The average molecular weight is 357 g/mol. The molecular weight excluding hydrogens is 329 g/mol. The van der Waals surface area contributed by atoms with Gasteiger partial charge < -0.3 is 15.0 Å². The van der Waals surface area contributed by atoms with E-state index in [4.69, 9.17) is 4.74 Å². The molecule has 1 aliphatic heterocycles. The number of hydrogen-bond donors (Lipinski definition) is 1. The van der Waals surface area contributed by atoms with Gasteiger partial charge >= 0.3 is 0 Å². The third-order valence-electron chi connectivity index (χ3n) is 4.81. The zero-order valence-corrected chi connectivity index (χ0v) is 15.2. The molecule has 0 spiro atoms. The number of pyridine rings is 1. The fourth-order valence-corrected chi connectivity index (χ4v) is 3.39. The average Bonchev–Trinajstić information content (AvgIpc) is 2.71. The van der Waals surface area contributed by atoms with Gasteiger partial charge in [0.1, 0.15) is 11.6 Å². The fraction of sp³-hybridized carbons (Fsp3) is 0.476. The van der Waals surface area contributed by atoms with Crippen LogP contribution in [0.2, 0.25) is 0 Å². The molecule has 1 aliphatic carbocycles. The lowest BCUT2D eigenvalue weighted by molar-refractivity contribution is 0.122. The van der Waals surface area contributed by atoms with Gasteiger partial charge in [-0.15, -0.1) is 0 Å². The Bertz CT molecular complexity index is 641. The first-order valence-corrected chi connectivity index (χ1v) is 9.57. The van der Waals surface area contributed by atoms with Crippen LogP contribution < -0.4 is 10.2 Å². The van der Waals surface area contributed by atoms with Crippen molar-refractivity contribution in [2.75, 3.05) is 36.5 Å². The zero-order valence-electron chi connectivity index (χ0n) is 15.2. The Morgan fingerprint density at radius 1 is 1.00 bits per heavy atom. The minimum Gasteiger partial charge on any atom is -0.378 e. The van der Waals surface area contributed by atoms with Crippen molar-refractivity contribution < 1.29 is 9.13 Å². The molecule has 1 saturated heterocycles. The summed E-state index contributed by atoms with van der Waals surface area (Å²) in [6.45, 7) is 3.61. The second kappa shape index (κ2) is 10.1. The number of aromatic nitrogens is 1. The van der Waals surface area contributed by atoms with E-state index in [1.807, 2.05) is 6.20 Å². The van der Waals surface area contributed by atoms with Crippen LogP contribution in [0.25, 0.3) is 0 Å². The van der Waals surface area contributed by atoms with Crippen LogP contribution in [0.4, 0.5) is 15.9 Å². The summed E-state index contributed by atoms with van der Waals surface area (Å²) in [6, 6.07) is 12.8. The third-order valence-corrected chi connectivity index (χ3v) is 4.81. The van der Waals surface area contributed by atoms with Crippen LogP contribution in [0.5, 0.6) is 0 Å². The minimum absolute atomic E-state index is 0.178. The lowest BCUT2D eigenvalue weighted by Crippen LogP contribution is -2.36. The van der Waals surface area contributed by atoms with E-state index < -0.39 is 0 Å². The summed E-state index contributed by atoms with van der Waals surface area (Å²) in [5, 5.41) is 3.59. The Labute approximate surface area is 155 Å². The quantitative estimate of drug-likeness (QED) is 0.878. The molecule has 4 rings (SSSR count). The highest BCUT2D eigenvalue weighted by Gasteiger charge is 2.15. The summed E-state index contributed by atoms with van der Waals surface area (Å²) in [4.78, 5) is 6.83. The first kappa shape index (κ1) is 18.6. The SMILES string of the molecule is Fc1ccccc1.c1cc(N2CCOCC2)cc(NC2CCCCC2)n1. The molecule has 0 atom stereocenters. The number of ether oxygens (including phenoxy) is 1. The van der Waals surface area contributed by atoms with Crippen LogP contribution in [0.15, 0.2) is 48.7 Å². The molecule has 2 heterocycles. The van der Waals surface area contributed by atoms with E-state index in [1.54, 1.807) is 18.2 Å². The van der Waals surface area contributed by atoms with Gasteiger partial charge in [-0.1, -0.05) is 37.5 Å². The van der Waals surface area contributed by atoms with Crippen molar-refractivity contribution in [2.45, 2.75) is 38.1 Å². The molecule has 2 aliphatic rings. The van der Waals surface area contributed by atoms with Gasteiger partial charge in [0.15, 0.2) is 0 Å². The largest absolute Gasteiger partial charge is 0.378 e. The Balaban J connectivity index is 0.000000236. The van der Waals surface area contributed by atoms with Crippen LogP contribution >= 0.6 is 0 Å². The van der Waals surface area contributed by atoms with Gasteiger partial charge in [0.25, 0.3) is 0 Å². The Hall–Kier alpha value is -2.14. The molecule has 26 heavy (non-hydrogen) atoms. The topological polar surface area (TPSA) is 37.4 Å². The van der Waals surface area contributed by atoms with E-state index in [0.717, 1.165) is 32.1 Å². The van der Waals surface area contributed by atoms with Crippen LogP contribution in [0, 0.1) is 5.82 Å². The molecule has 0 amide bonds. The summed E-state index contributed by atoms with van der Waals surface area (Å²) in [5.74, 6) is 0.846. The number of nitrogens with zero attached hydrogens (tertiary/aromatic N) is 2. The van der Waals surface area contributed by atoms with Crippen molar-refractivity contribution in [1.29, 1.82) is 0 Å². The molecule has 0 unspecified atom stereocenters. The van der Waals surface area contributed by atoms with Crippen molar-refractivity contribution >= 4 is 11.5 Å². The Morgan fingerprint density at radius 2 is 1.73 bits per heavy atom. The highest BCUT2D eigenvalue weighted by Crippen LogP contribution is 2.23. The van der Waals surface area contributed by atoms with Crippen LogP contribution in [0.3, 0.4) is 0 Å². The van der Waals surface area contributed by atoms with Gasteiger partial charge in [-0.3, -0.25) is 0 Å². The molecule has 1 aromatic carbocycles. The predicted molar refractivity (Wildman–Crippen MR) is 104 cm³/mol. The standard InChI is InChI=1S/C15H23N3O.C6H5F/c1-2-4-13(5-3-1)17-15-12-14(6-7-16-15)18-8-10-19-11-9-18;7-6-4-2-1-3-5-6/h6-7,12-13H,1-5,8-11H2,(H,16,17);1-5H. The number of anilines is 2. The second-order valence-electron chi connectivity index (χ2n) is 6.77. The van der Waals surface area contributed by atoms with E-state index in [1.165, 1.54) is 49.9 Å². The Morgan fingerprint density at radius 3 is 2.38 bits per heavy atom. The summed E-state index contributed by atoms with van der Waals surface area (Å²) >= 11 is 0. The maximum absolute atomic E-state index is 11.9. The zero-order chi connectivity index (χ0) is 18.0. The highest BCUT2D eigenvalue weighted by molar-refractivity contribution is 5.54. The molecule has 4 nitrogen and oxygen atoms in total. The van der Waals surface area contributed by atoms with Gasteiger partial charge in [-0.25, -0.2) is 9.37 Å². The van der Waals surface area contributed by atoms with Crippen molar-refractivity contribution in [3.8, 4) is 0 Å². The van der Waals surface area contributed by atoms with E-state index in [9.17, 15) is 4.39 Å². The fourth-order valence-electron chi connectivity index (χ4n) is 3.39. The number of benzene rings is 1. The van der Waals surface area contributed by atoms with Crippen molar-refractivity contribution in [2.24, 2.45) is 0 Å². The van der Waals surface area contributed by atoms with Crippen molar-refractivity contribution in [3.63, 3.8) is 0 Å². The van der Waals surface area contributed by atoms with Crippen LogP contribution in [0.1, 0.15) is 32.1 Å². The number of halogens is 1. The lowest BCUT2D eigenvalue weighted by atomic mass is 9.95. The maximum Gasteiger partial charge on any atom is 0.128 e. The summed E-state index contributed by atoms with van der Waals surface area (Å²) < 4.78 is 17.3.